The number of para-hydroxylation sites is 3. The highest BCUT2D eigenvalue weighted by Gasteiger charge is 2.20. The number of thiophene rings is 1. The Kier molecular flexibility index (Phi) is 6.16. The van der Waals surface area contributed by atoms with E-state index in [0.717, 1.165) is 0 Å². The van der Waals surface area contributed by atoms with Crippen LogP contribution in [0.2, 0.25) is 0 Å². The first-order valence-electron chi connectivity index (χ1n) is 17.4. The highest BCUT2D eigenvalue weighted by Crippen LogP contribution is 2.45. The van der Waals surface area contributed by atoms with Gasteiger partial charge < -0.3 is 9.13 Å². The lowest BCUT2D eigenvalue weighted by Crippen LogP contribution is -1.95. The monoisotopic (exact) mass is 666 g/mol. The zero-order valence-electron chi connectivity index (χ0n) is 27.6. The Morgan fingerprint density at radius 2 is 0.961 bits per heavy atom. The van der Waals surface area contributed by atoms with Crippen LogP contribution in [0.5, 0.6) is 0 Å². The molecule has 3 aromatic heterocycles. The minimum atomic E-state index is 1.17. The van der Waals surface area contributed by atoms with E-state index in [2.05, 4.69) is 191 Å². The van der Waals surface area contributed by atoms with Crippen LogP contribution in [0, 0.1) is 0 Å². The van der Waals surface area contributed by atoms with Crippen LogP contribution in [0.4, 0.5) is 0 Å². The summed E-state index contributed by atoms with van der Waals surface area (Å²) in [7, 11) is 0. The Labute approximate surface area is 298 Å². The third kappa shape index (κ3) is 4.22. The van der Waals surface area contributed by atoms with Crippen molar-refractivity contribution in [1.82, 2.24) is 9.13 Å². The number of nitrogens with zero attached hydrogens (tertiary/aromatic N) is 2. The Balaban J connectivity index is 1.19. The van der Waals surface area contributed by atoms with Crippen LogP contribution >= 0.6 is 11.3 Å². The summed E-state index contributed by atoms with van der Waals surface area (Å²) in [5.41, 5.74) is 12.2. The fourth-order valence-electron chi connectivity index (χ4n) is 8.31. The summed E-state index contributed by atoms with van der Waals surface area (Å²) in [4.78, 5) is 0. The molecule has 0 aliphatic heterocycles. The topological polar surface area (TPSA) is 9.86 Å². The summed E-state index contributed by atoms with van der Waals surface area (Å²) < 4.78 is 7.51. The van der Waals surface area contributed by atoms with E-state index in [1.807, 2.05) is 11.3 Å². The van der Waals surface area contributed by atoms with E-state index < -0.39 is 0 Å². The van der Waals surface area contributed by atoms with Gasteiger partial charge in [0.25, 0.3) is 0 Å². The molecule has 0 aliphatic carbocycles. The van der Waals surface area contributed by atoms with Crippen LogP contribution in [0.3, 0.4) is 0 Å². The maximum Gasteiger partial charge on any atom is 0.0547 e. The fraction of sp³-hybridized carbons (Fsp3) is 0. The molecule has 0 saturated carbocycles. The van der Waals surface area contributed by atoms with Gasteiger partial charge in [-0.2, -0.15) is 0 Å². The van der Waals surface area contributed by atoms with Crippen molar-refractivity contribution in [3.63, 3.8) is 0 Å². The zero-order valence-corrected chi connectivity index (χ0v) is 28.4. The molecule has 0 aliphatic rings. The van der Waals surface area contributed by atoms with Gasteiger partial charge in [-0.25, -0.2) is 0 Å². The fourth-order valence-corrected chi connectivity index (χ4v) is 9.53. The summed E-state index contributed by atoms with van der Waals surface area (Å²) in [5, 5.41) is 7.66. The Hall–Kier alpha value is -6.42. The average molecular weight is 667 g/mol. The first-order chi connectivity index (χ1) is 25.3. The molecule has 2 nitrogen and oxygen atoms in total. The molecule has 0 spiro atoms. The minimum absolute atomic E-state index is 1.17. The summed E-state index contributed by atoms with van der Waals surface area (Å²) in [6, 6.07) is 66.6. The van der Waals surface area contributed by atoms with Crippen molar-refractivity contribution in [3.8, 4) is 33.6 Å². The lowest BCUT2D eigenvalue weighted by Gasteiger charge is -2.13. The highest BCUT2D eigenvalue weighted by molar-refractivity contribution is 7.26. The molecule has 238 valence electrons. The van der Waals surface area contributed by atoms with Gasteiger partial charge in [0.2, 0.25) is 0 Å². The lowest BCUT2D eigenvalue weighted by molar-refractivity contribution is 1.18. The number of hydrogen-bond acceptors (Lipinski definition) is 1. The predicted octanol–water partition coefficient (Wildman–Crippen LogP) is 13.6. The van der Waals surface area contributed by atoms with Gasteiger partial charge in [0.05, 0.1) is 22.1 Å². The van der Waals surface area contributed by atoms with Crippen LogP contribution in [0.15, 0.2) is 182 Å². The molecule has 3 heterocycles. The molecule has 51 heavy (non-hydrogen) atoms. The molecule has 0 radical (unpaired) electrons. The summed E-state index contributed by atoms with van der Waals surface area (Å²) in [6.45, 7) is 0. The summed E-state index contributed by atoms with van der Waals surface area (Å²) >= 11 is 1.89. The number of aromatic nitrogens is 2. The van der Waals surface area contributed by atoms with Crippen LogP contribution in [0.1, 0.15) is 0 Å². The minimum Gasteiger partial charge on any atom is -0.309 e. The Bertz CT molecular complexity index is 3130. The maximum atomic E-state index is 2.48. The van der Waals surface area contributed by atoms with Gasteiger partial charge >= 0.3 is 0 Å². The zero-order chi connectivity index (χ0) is 33.5. The lowest BCUT2D eigenvalue weighted by atomic mass is 9.98. The van der Waals surface area contributed by atoms with Crippen LogP contribution in [0.25, 0.3) is 97.4 Å². The van der Waals surface area contributed by atoms with Gasteiger partial charge in [-0.05, 0) is 77.4 Å². The van der Waals surface area contributed by atoms with Crippen molar-refractivity contribution in [2.45, 2.75) is 0 Å². The Morgan fingerprint density at radius 1 is 0.333 bits per heavy atom. The van der Waals surface area contributed by atoms with Crippen molar-refractivity contribution in [3.05, 3.63) is 182 Å². The van der Waals surface area contributed by atoms with Crippen molar-refractivity contribution in [2.75, 3.05) is 0 Å². The second-order valence-corrected chi connectivity index (χ2v) is 14.4. The van der Waals surface area contributed by atoms with Gasteiger partial charge in [0, 0.05) is 58.7 Å². The van der Waals surface area contributed by atoms with Gasteiger partial charge in [-0.1, -0.05) is 121 Å². The van der Waals surface area contributed by atoms with Crippen molar-refractivity contribution in [2.24, 2.45) is 0 Å². The smallest absolute Gasteiger partial charge is 0.0547 e. The van der Waals surface area contributed by atoms with Crippen molar-refractivity contribution >= 4 is 75.1 Å². The van der Waals surface area contributed by atoms with E-state index in [-0.39, 0.29) is 0 Å². The molecule has 0 amide bonds. The molecule has 0 bridgehead atoms. The molecule has 0 atom stereocenters. The van der Waals surface area contributed by atoms with E-state index in [1.54, 1.807) is 0 Å². The van der Waals surface area contributed by atoms with Crippen molar-refractivity contribution < 1.29 is 0 Å². The molecule has 8 aromatic carbocycles. The average Bonchev–Trinajstić information content (AvgIpc) is 3.86. The third-order valence-corrected chi connectivity index (χ3v) is 11.7. The number of hydrogen-bond donors (Lipinski definition) is 0. The van der Waals surface area contributed by atoms with Crippen LogP contribution in [-0.4, -0.2) is 9.13 Å². The molecule has 11 aromatic rings. The number of benzene rings is 8. The largest absolute Gasteiger partial charge is 0.309 e. The molecule has 0 N–H and O–H groups in total. The SMILES string of the molecule is c1ccc(-c2cc(-n3c4ccccc4c4c(-c5ccc6c(c5)c5ccccc5n6-c5ccccc5)cccc43)cc3c2sc2ccccc23)cc1. The summed E-state index contributed by atoms with van der Waals surface area (Å²) in [6.07, 6.45) is 0. The number of fused-ring (bicyclic) bond motifs is 9. The standard InChI is InChI=1S/C48H30N2S/c1-3-14-31(15-4-1)39-29-34(30-41-37-19-9-12-25-46(37)51-48(39)41)50-43-23-11-8-20-38(43)47-35(21-13-24-45(47)50)32-26-27-44-40(28-32)36-18-7-10-22-42(36)49(44)33-16-5-2-6-17-33/h1-30H. The van der Waals surface area contributed by atoms with Crippen molar-refractivity contribution in [1.29, 1.82) is 0 Å². The van der Waals surface area contributed by atoms with Gasteiger partial charge in [0.15, 0.2) is 0 Å². The van der Waals surface area contributed by atoms with Gasteiger partial charge in [-0.15, -0.1) is 11.3 Å². The maximum absolute atomic E-state index is 2.48. The molecule has 11 rings (SSSR count). The molecule has 0 fully saturated rings. The van der Waals surface area contributed by atoms with E-state index in [0.29, 0.717) is 0 Å². The van der Waals surface area contributed by atoms with Crippen LogP contribution in [-0.2, 0) is 0 Å². The summed E-state index contributed by atoms with van der Waals surface area (Å²) in [5.74, 6) is 0. The van der Waals surface area contributed by atoms with E-state index in [1.165, 1.54) is 97.4 Å². The molecular formula is C48H30N2S. The van der Waals surface area contributed by atoms with Crippen LogP contribution < -0.4 is 0 Å². The first kappa shape index (κ1) is 28.4. The quantitative estimate of drug-likeness (QED) is 0.177. The molecular weight excluding hydrogens is 637 g/mol. The van der Waals surface area contributed by atoms with E-state index >= 15 is 0 Å². The van der Waals surface area contributed by atoms with E-state index in [4.69, 9.17) is 0 Å². The second kappa shape index (κ2) is 11.0. The number of rotatable bonds is 4. The molecule has 3 heteroatoms. The highest BCUT2D eigenvalue weighted by atomic mass is 32.1. The molecule has 0 unspecified atom stereocenters. The first-order valence-corrected chi connectivity index (χ1v) is 18.3. The Morgan fingerprint density at radius 3 is 1.78 bits per heavy atom. The van der Waals surface area contributed by atoms with E-state index in [9.17, 15) is 0 Å². The predicted molar refractivity (Wildman–Crippen MR) is 219 cm³/mol. The normalized spacial score (nSPS) is 11.9. The van der Waals surface area contributed by atoms with Gasteiger partial charge in [-0.3, -0.25) is 0 Å². The second-order valence-electron chi connectivity index (χ2n) is 13.3. The molecule has 0 saturated heterocycles. The van der Waals surface area contributed by atoms with Gasteiger partial charge in [0.1, 0.15) is 0 Å². The third-order valence-electron chi connectivity index (χ3n) is 10.5.